The Morgan fingerprint density at radius 1 is 1.46 bits per heavy atom. The van der Waals surface area contributed by atoms with Crippen LogP contribution in [0.5, 0.6) is 0 Å². The number of ether oxygens (including phenoxy) is 1. The topological polar surface area (TPSA) is 81.2 Å². The van der Waals surface area contributed by atoms with Crippen LogP contribution in [-0.2, 0) is 4.74 Å². The molecule has 0 aromatic carbocycles. The summed E-state index contributed by atoms with van der Waals surface area (Å²) in [5, 5.41) is 20.8. The Bertz CT molecular complexity index is 362. The average Bonchev–Trinajstić information content (AvgIpc) is 2.21. The number of rotatable bonds is 0. The SMILES string of the molecule is COC1=NNC(=C(C#N)C#N)C=C1. The molecular formula is C8H6N4O. The van der Waals surface area contributed by atoms with Crippen LogP contribution in [0.1, 0.15) is 0 Å². The van der Waals surface area contributed by atoms with Gasteiger partial charge in [-0.25, -0.2) is 0 Å². The van der Waals surface area contributed by atoms with E-state index >= 15 is 0 Å². The highest BCUT2D eigenvalue weighted by Gasteiger charge is 2.06. The maximum atomic E-state index is 8.52. The molecule has 13 heavy (non-hydrogen) atoms. The lowest BCUT2D eigenvalue weighted by atomic mass is 10.2. The van der Waals surface area contributed by atoms with Crippen molar-refractivity contribution in [3.63, 3.8) is 0 Å². The minimum absolute atomic E-state index is 0.00449. The molecule has 1 N–H and O–H groups in total. The zero-order valence-electron chi connectivity index (χ0n) is 6.90. The van der Waals surface area contributed by atoms with Crippen LogP contribution in [0.4, 0.5) is 0 Å². The van der Waals surface area contributed by atoms with Crippen molar-refractivity contribution in [2.45, 2.75) is 0 Å². The Balaban J connectivity index is 2.91. The average molecular weight is 174 g/mol. The van der Waals surface area contributed by atoms with E-state index in [0.717, 1.165) is 0 Å². The summed E-state index contributed by atoms with van der Waals surface area (Å²) in [6, 6.07) is 3.50. The second-order valence-electron chi connectivity index (χ2n) is 2.11. The maximum Gasteiger partial charge on any atom is 0.230 e. The smallest absolute Gasteiger partial charge is 0.230 e. The second-order valence-corrected chi connectivity index (χ2v) is 2.11. The lowest BCUT2D eigenvalue weighted by Crippen LogP contribution is -2.15. The second kappa shape index (κ2) is 3.93. The number of hydrogen-bond acceptors (Lipinski definition) is 5. The molecule has 1 rings (SSSR count). The largest absolute Gasteiger partial charge is 0.480 e. The summed E-state index contributed by atoms with van der Waals surface area (Å²) in [6.07, 6.45) is 3.13. The summed E-state index contributed by atoms with van der Waals surface area (Å²) < 4.78 is 4.80. The molecule has 0 aromatic rings. The van der Waals surface area contributed by atoms with E-state index in [1.54, 1.807) is 24.3 Å². The van der Waals surface area contributed by atoms with Gasteiger partial charge in [0.25, 0.3) is 0 Å². The van der Waals surface area contributed by atoms with E-state index in [2.05, 4.69) is 10.5 Å². The third-order valence-corrected chi connectivity index (χ3v) is 1.38. The molecule has 0 saturated carbocycles. The fourth-order valence-corrected chi connectivity index (χ4v) is 0.743. The molecule has 0 amide bonds. The van der Waals surface area contributed by atoms with Crippen molar-refractivity contribution in [2.75, 3.05) is 7.11 Å². The van der Waals surface area contributed by atoms with Crippen LogP contribution in [0.15, 0.2) is 28.5 Å². The van der Waals surface area contributed by atoms with E-state index in [0.29, 0.717) is 11.6 Å². The number of nitriles is 2. The number of nitrogens with one attached hydrogen (secondary N) is 1. The van der Waals surface area contributed by atoms with Gasteiger partial charge in [-0.15, -0.1) is 5.10 Å². The molecule has 0 aromatic heterocycles. The minimum atomic E-state index is -0.00449. The van der Waals surface area contributed by atoms with Gasteiger partial charge >= 0.3 is 0 Å². The Labute approximate surface area is 75.2 Å². The van der Waals surface area contributed by atoms with Crippen LogP contribution in [0.2, 0.25) is 0 Å². The molecule has 0 fully saturated rings. The van der Waals surface area contributed by atoms with E-state index in [-0.39, 0.29) is 5.57 Å². The third-order valence-electron chi connectivity index (χ3n) is 1.38. The molecular weight excluding hydrogens is 168 g/mol. The standard InChI is InChI=1S/C8H6N4O/c1-13-8-3-2-7(11-12-8)6(4-9)5-10/h2-3,11H,1H3. The summed E-state index contributed by atoms with van der Waals surface area (Å²) in [7, 11) is 1.48. The van der Waals surface area contributed by atoms with Crippen molar-refractivity contribution in [2.24, 2.45) is 5.10 Å². The van der Waals surface area contributed by atoms with Crippen molar-refractivity contribution < 1.29 is 4.74 Å². The molecule has 0 aliphatic carbocycles. The van der Waals surface area contributed by atoms with Crippen LogP contribution in [0.25, 0.3) is 0 Å². The predicted molar refractivity (Wildman–Crippen MR) is 45.0 cm³/mol. The third kappa shape index (κ3) is 1.85. The molecule has 64 valence electrons. The van der Waals surface area contributed by atoms with Crippen LogP contribution in [0, 0.1) is 22.7 Å². The fraction of sp³-hybridized carbons (Fsp3) is 0.125. The molecule has 1 aliphatic rings. The Kier molecular flexibility index (Phi) is 2.67. The number of hydrazone groups is 1. The van der Waals surface area contributed by atoms with Crippen molar-refractivity contribution >= 4 is 5.90 Å². The molecule has 0 radical (unpaired) electrons. The number of allylic oxidation sites excluding steroid dienone is 2. The van der Waals surface area contributed by atoms with Crippen molar-refractivity contribution in [1.29, 1.82) is 10.5 Å². The minimum Gasteiger partial charge on any atom is -0.480 e. The molecule has 5 nitrogen and oxygen atoms in total. The summed E-state index contributed by atoms with van der Waals surface area (Å²) in [5.41, 5.74) is 2.91. The van der Waals surface area contributed by atoms with Gasteiger partial charge in [-0.05, 0) is 6.08 Å². The highest BCUT2D eigenvalue weighted by molar-refractivity contribution is 5.88. The number of hydrogen-bond donors (Lipinski definition) is 1. The molecule has 0 saturated heterocycles. The first-order valence-electron chi connectivity index (χ1n) is 3.42. The van der Waals surface area contributed by atoms with Gasteiger partial charge in [-0.3, -0.25) is 5.43 Å². The van der Waals surface area contributed by atoms with E-state index in [1.165, 1.54) is 7.11 Å². The van der Waals surface area contributed by atoms with Crippen LogP contribution in [0.3, 0.4) is 0 Å². The number of methoxy groups -OCH3 is 1. The maximum absolute atomic E-state index is 8.52. The van der Waals surface area contributed by atoms with Gasteiger partial charge in [0.1, 0.15) is 12.1 Å². The Morgan fingerprint density at radius 2 is 2.15 bits per heavy atom. The van der Waals surface area contributed by atoms with Gasteiger partial charge in [0, 0.05) is 6.08 Å². The van der Waals surface area contributed by atoms with Gasteiger partial charge < -0.3 is 4.74 Å². The lowest BCUT2D eigenvalue weighted by Gasteiger charge is -2.08. The van der Waals surface area contributed by atoms with Crippen LogP contribution >= 0.6 is 0 Å². The predicted octanol–water partition coefficient (Wildman–Crippen LogP) is 0.407. The summed E-state index contributed by atoms with van der Waals surface area (Å²) >= 11 is 0. The Hall–Kier alpha value is -2.27. The summed E-state index contributed by atoms with van der Waals surface area (Å²) in [6.45, 7) is 0. The van der Waals surface area contributed by atoms with Crippen LogP contribution in [-0.4, -0.2) is 13.0 Å². The zero-order valence-corrected chi connectivity index (χ0v) is 6.90. The first-order valence-corrected chi connectivity index (χ1v) is 3.42. The zero-order chi connectivity index (χ0) is 9.68. The van der Waals surface area contributed by atoms with E-state index < -0.39 is 0 Å². The molecule has 0 bridgehead atoms. The van der Waals surface area contributed by atoms with E-state index in [4.69, 9.17) is 15.3 Å². The van der Waals surface area contributed by atoms with Gasteiger partial charge in [0.05, 0.1) is 12.8 Å². The van der Waals surface area contributed by atoms with Crippen molar-refractivity contribution in [3.05, 3.63) is 23.4 Å². The van der Waals surface area contributed by atoms with Crippen molar-refractivity contribution in [1.82, 2.24) is 5.43 Å². The van der Waals surface area contributed by atoms with Gasteiger partial charge in [-0.1, -0.05) is 0 Å². The highest BCUT2D eigenvalue weighted by atomic mass is 16.5. The molecule has 0 unspecified atom stereocenters. The van der Waals surface area contributed by atoms with Gasteiger partial charge in [0.2, 0.25) is 5.90 Å². The van der Waals surface area contributed by atoms with E-state index in [9.17, 15) is 0 Å². The summed E-state index contributed by atoms with van der Waals surface area (Å²) in [5.74, 6) is 0.402. The number of nitrogens with zero attached hydrogens (tertiary/aromatic N) is 3. The normalized spacial score (nSPS) is 13.5. The van der Waals surface area contributed by atoms with Crippen LogP contribution < -0.4 is 5.43 Å². The highest BCUT2D eigenvalue weighted by Crippen LogP contribution is 2.05. The Morgan fingerprint density at radius 3 is 2.54 bits per heavy atom. The molecule has 0 spiro atoms. The molecule has 1 heterocycles. The molecule has 5 heteroatoms. The van der Waals surface area contributed by atoms with Gasteiger partial charge in [0.15, 0.2) is 5.57 Å². The quantitative estimate of drug-likeness (QED) is 0.539. The summed E-state index contributed by atoms with van der Waals surface area (Å²) in [4.78, 5) is 0. The van der Waals surface area contributed by atoms with E-state index in [1.807, 2.05) is 0 Å². The fourth-order valence-electron chi connectivity index (χ4n) is 0.743. The first-order chi connectivity index (χ1) is 6.31. The molecule has 1 aliphatic heterocycles. The molecule has 0 atom stereocenters. The van der Waals surface area contributed by atoms with Crippen molar-refractivity contribution in [3.8, 4) is 12.1 Å². The van der Waals surface area contributed by atoms with Gasteiger partial charge in [-0.2, -0.15) is 10.5 Å². The lowest BCUT2D eigenvalue weighted by molar-refractivity contribution is 0.401. The first kappa shape index (κ1) is 8.82. The monoisotopic (exact) mass is 174 g/mol.